The molecule has 0 atom stereocenters. The Bertz CT molecular complexity index is 963. The Morgan fingerprint density at radius 1 is 1.21 bits per heavy atom. The largest absolute Gasteiger partial charge is 0.586 e. The van der Waals surface area contributed by atoms with Crippen LogP contribution in [0.5, 0.6) is 11.5 Å². The Morgan fingerprint density at radius 2 is 2.00 bits per heavy atom. The lowest BCUT2D eigenvalue weighted by molar-refractivity contribution is -0.286. The zero-order chi connectivity index (χ0) is 16.9. The second-order valence-electron chi connectivity index (χ2n) is 4.86. The van der Waals surface area contributed by atoms with Gasteiger partial charge >= 0.3 is 6.29 Å². The second kappa shape index (κ2) is 5.29. The quantitative estimate of drug-likeness (QED) is 0.636. The van der Waals surface area contributed by atoms with Crippen molar-refractivity contribution in [1.82, 2.24) is 4.98 Å². The average molecular weight is 369 g/mol. The van der Waals surface area contributed by atoms with Crippen molar-refractivity contribution in [2.45, 2.75) is 6.29 Å². The van der Waals surface area contributed by atoms with E-state index in [-0.39, 0.29) is 11.5 Å². The molecule has 1 aliphatic heterocycles. The van der Waals surface area contributed by atoms with Gasteiger partial charge in [0.25, 0.3) is 0 Å². The summed E-state index contributed by atoms with van der Waals surface area (Å²) in [6.07, 6.45) is -3.17. The molecule has 0 radical (unpaired) electrons. The Morgan fingerprint density at radius 3 is 2.75 bits per heavy atom. The number of carbonyl (C=O) groups is 1. The van der Waals surface area contributed by atoms with Gasteiger partial charge in [0.05, 0.1) is 15.4 Å². The molecule has 24 heavy (non-hydrogen) atoms. The summed E-state index contributed by atoms with van der Waals surface area (Å²) in [6.45, 7) is 0. The normalized spacial score (nSPS) is 14.8. The number of thiazole rings is 1. The minimum Gasteiger partial charge on any atom is -0.395 e. The predicted molar refractivity (Wildman–Crippen MR) is 85.5 cm³/mol. The number of hydrogen-bond donors (Lipinski definition) is 0. The van der Waals surface area contributed by atoms with Gasteiger partial charge in [-0.25, -0.2) is 4.98 Å². The summed E-state index contributed by atoms with van der Waals surface area (Å²) in [5.41, 5.74) is 0.888. The summed E-state index contributed by atoms with van der Waals surface area (Å²) in [7, 11) is 0. The van der Waals surface area contributed by atoms with Gasteiger partial charge in [-0.15, -0.1) is 8.78 Å². The highest BCUT2D eigenvalue weighted by atomic mass is 35.5. The van der Waals surface area contributed by atoms with E-state index >= 15 is 0 Å². The van der Waals surface area contributed by atoms with E-state index in [0.717, 1.165) is 4.70 Å². The van der Waals surface area contributed by atoms with Gasteiger partial charge in [0.2, 0.25) is 6.41 Å². The van der Waals surface area contributed by atoms with Crippen molar-refractivity contribution in [3.63, 3.8) is 0 Å². The van der Waals surface area contributed by atoms with E-state index in [1.807, 2.05) is 6.07 Å². The van der Waals surface area contributed by atoms with Gasteiger partial charge in [-0.2, -0.15) is 0 Å². The molecular formula is C15H7ClF2N2O3S. The molecule has 1 amide bonds. The first-order valence-electron chi connectivity index (χ1n) is 6.66. The number of rotatable bonds is 3. The molecule has 0 spiro atoms. The van der Waals surface area contributed by atoms with Crippen LogP contribution >= 0.6 is 22.9 Å². The van der Waals surface area contributed by atoms with Gasteiger partial charge in [-0.1, -0.05) is 29.0 Å². The van der Waals surface area contributed by atoms with E-state index < -0.39 is 6.29 Å². The predicted octanol–water partition coefficient (Wildman–Crippen LogP) is 4.57. The van der Waals surface area contributed by atoms with Crippen molar-refractivity contribution in [3.8, 4) is 11.5 Å². The number of benzene rings is 2. The molecule has 0 aliphatic carbocycles. The maximum Gasteiger partial charge on any atom is 0.586 e. The highest BCUT2D eigenvalue weighted by molar-refractivity contribution is 7.22. The van der Waals surface area contributed by atoms with Crippen LogP contribution in [0, 0.1) is 0 Å². The third kappa shape index (κ3) is 2.44. The molecule has 0 fully saturated rings. The van der Waals surface area contributed by atoms with Crippen LogP contribution in [-0.4, -0.2) is 17.7 Å². The maximum absolute atomic E-state index is 13.1. The number of para-hydroxylation sites is 1. The first-order chi connectivity index (χ1) is 11.5. The minimum absolute atomic E-state index is 0.0954. The van der Waals surface area contributed by atoms with Crippen molar-refractivity contribution in [1.29, 1.82) is 0 Å². The third-order valence-corrected chi connectivity index (χ3v) is 4.66. The molecule has 5 nitrogen and oxygen atoms in total. The van der Waals surface area contributed by atoms with Crippen molar-refractivity contribution in [3.05, 3.63) is 41.4 Å². The number of fused-ring (bicyclic) bond motifs is 2. The average Bonchev–Trinajstić information content (AvgIpc) is 3.07. The first kappa shape index (κ1) is 15.1. The van der Waals surface area contributed by atoms with Gasteiger partial charge in [-0.3, -0.25) is 9.69 Å². The number of hydrogen-bond acceptors (Lipinski definition) is 5. The lowest BCUT2D eigenvalue weighted by Crippen LogP contribution is -2.25. The molecule has 1 aromatic heterocycles. The standard InChI is InChI=1S/C15H7ClF2N2O3S/c16-9-2-1-3-12-13(9)19-14(24-12)20(7-21)8-4-5-10-11(6-8)23-15(17,18)22-10/h1-7H. The van der Waals surface area contributed by atoms with Gasteiger partial charge in [0.1, 0.15) is 5.52 Å². The van der Waals surface area contributed by atoms with E-state index in [1.165, 1.54) is 34.4 Å². The summed E-state index contributed by atoms with van der Waals surface area (Å²) < 4.78 is 35.8. The molecule has 3 aromatic rings. The topological polar surface area (TPSA) is 51.7 Å². The van der Waals surface area contributed by atoms with Crippen LogP contribution in [0.2, 0.25) is 5.02 Å². The lowest BCUT2D eigenvalue weighted by atomic mass is 10.2. The van der Waals surface area contributed by atoms with Crippen molar-refractivity contribution >= 4 is 50.4 Å². The number of ether oxygens (including phenoxy) is 2. The fraction of sp³-hybridized carbons (Fsp3) is 0.0667. The number of anilines is 2. The van der Waals surface area contributed by atoms with Gasteiger partial charge in [-0.05, 0) is 24.3 Å². The lowest BCUT2D eigenvalue weighted by Gasteiger charge is -2.14. The number of halogens is 3. The smallest absolute Gasteiger partial charge is 0.395 e. The Hall–Kier alpha value is -2.45. The van der Waals surface area contributed by atoms with Crippen molar-refractivity contribution in [2.75, 3.05) is 4.90 Å². The zero-order valence-electron chi connectivity index (χ0n) is 11.7. The highest BCUT2D eigenvalue weighted by Crippen LogP contribution is 2.44. The molecular weight excluding hydrogens is 362 g/mol. The van der Waals surface area contributed by atoms with Crippen molar-refractivity contribution < 1.29 is 23.0 Å². The summed E-state index contributed by atoms with van der Waals surface area (Å²) in [5, 5.41) is 0.824. The van der Waals surface area contributed by atoms with Gasteiger partial charge in [0, 0.05) is 6.07 Å². The number of amides is 1. The van der Waals surface area contributed by atoms with Crippen LogP contribution < -0.4 is 14.4 Å². The molecule has 2 heterocycles. The SMILES string of the molecule is O=CN(c1ccc2c(c1)OC(F)(F)O2)c1nc2c(Cl)cccc2s1. The van der Waals surface area contributed by atoms with E-state index in [0.29, 0.717) is 27.8 Å². The van der Waals surface area contributed by atoms with Gasteiger partial charge < -0.3 is 9.47 Å². The molecule has 0 N–H and O–H groups in total. The Labute approximate surface area is 143 Å². The van der Waals surface area contributed by atoms with Crippen LogP contribution in [-0.2, 0) is 4.79 Å². The number of aromatic nitrogens is 1. The highest BCUT2D eigenvalue weighted by Gasteiger charge is 2.43. The molecule has 122 valence electrons. The van der Waals surface area contributed by atoms with Crippen molar-refractivity contribution in [2.24, 2.45) is 0 Å². The third-order valence-electron chi connectivity index (χ3n) is 3.33. The molecule has 0 unspecified atom stereocenters. The molecule has 4 rings (SSSR count). The van der Waals surface area contributed by atoms with E-state index in [9.17, 15) is 13.6 Å². The molecule has 1 aliphatic rings. The molecule has 0 saturated carbocycles. The minimum atomic E-state index is -3.71. The Kier molecular flexibility index (Phi) is 3.33. The Balaban J connectivity index is 1.76. The molecule has 0 bridgehead atoms. The van der Waals surface area contributed by atoms with Gasteiger partial charge in [0.15, 0.2) is 16.6 Å². The number of carbonyl (C=O) groups excluding carboxylic acids is 1. The van der Waals surface area contributed by atoms with Crippen LogP contribution in [0.4, 0.5) is 19.6 Å². The first-order valence-corrected chi connectivity index (χ1v) is 7.86. The summed E-state index contributed by atoms with van der Waals surface area (Å²) in [5.74, 6) is -0.245. The molecule has 9 heteroatoms. The fourth-order valence-corrected chi connectivity index (χ4v) is 3.56. The van der Waals surface area contributed by atoms with Crippen LogP contribution in [0.3, 0.4) is 0 Å². The maximum atomic E-state index is 13.1. The number of nitrogens with zero attached hydrogens (tertiary/aromatic N) is 2. The van der Waals surface area contributed by atoms with E-state index in [4.69, 9.17) is 11.6 Å². The second-order valence-corrected chi connectivity index (χ2v) is 6.27. The van der Waals surface area contributed by atoms with Crippen LogP contribution in [0.15, 0.2) is 36.4 Å². The fourth-order valence-electron chi connectivity index (χ4n) is 2.31. The molecule has 2 aromatic carbocycles. The van der Waals surface area contributed by atoms with E-state index in [2.05, 4.69) is 14.5 Å². The van der Waals surface area contributed by atoms with Crippen LogP contribution in [0.1, 0.15) is 0 Å². The van der Waals surface area contributed by atoms with Crippen LogP contribution in [0.25, 0.3) is 10.2 Å². The number of alkyl halides is 2. The monoisotopic (exact) mass is 368 g/mol. The summed E-state index contributed by atoms with van der Waals surface area (Å²) in [4.78, 5) is 17.1. The summed E-state index contributed by atoms with van der Waals surface area (Å²) in [6, 6.07) is 9.36. The molecule has 0 saturated heterocycles. The summed E-state index contributed by atoms with van der Waals surface area (Å²) >= 11 is 7.34. The van der Waals surface area contributed by atoms with E-state index in [1.54, 1.807) is 12.1 Å². The zero-order valence-corrected chi connectivity index (χ0v) is 13.3.